The van der Waals surface area contributed by atoms with E-state index in [2.05, 4.69) is 10.1 Å². The minimum atomic E-state index is -0.527. The highest BCUT2D eigenvalue weighted by molar-refractivity contribution is 5.95. The molecular weight excluding hydrogens is 182 g/mol. The summed E-state index contributed by atoms with van der Waals surface area (Å²) in [4.78, 5) is 10.8. The standard InChI is InChI=1S/C9H11N3O2/c1-14-9(13)12-7-4-2-6(3-5-7)8(10)11/h2-5H,1H3,(H3,10,11)(H,12,13). The maximum absolute atomic E-state index is 10.8. The van der Waals surface area contributed by atoms with Gasteiger partial charge in [0.15, 0.2) is 0 Å². The van der Waals surface area contributed by atoms with E-state index >= 15 is 0 Å². The van der Waals surface area contributed by atoms with Crippen LogP contribution >= 0.6 is 0 Å². The number of rotatable bonds is 2. The van der Waals surface area contributed by atoms with Gasteiger partial charge in [-0.2, -0.15) is 0 Å². The molecule has 14 heavy (non-hydrogen) atoms. The van der Waals surface area contributed by atoms with Crippen molar-refractivity contribution in [3.05, 3.63) is 29.8 Å². The summed E-state index contributed by atoms with van der Waals surface area (Å²) >= 11 is 0. The van der Waals surface area contributed by atoms with Gasteiger partial charge in [0.25, 0.3) is 0 Å². The van der Waals surface area contributed by atoms with Crippen LogP contribution in [-0.2, 0) is 4.74 Å². The van der Waals surface area contributed by atoms with Crippen LogP contribution in [0.3, 0.4) is 0 Å². The van der Waals surface area contributed by atoms with Gasteiger partial charge < -0.3 is 10.5 Å². The molecule has 5 nitrogen and oxygen atoms in total. The first-order chi connectivity index (χ1) is 6.63. The topological polar surface area (TPSA) is 88.2 Å². The minimum absolute atomic E-state index is 0.00498. The van der Waals surface area contributed by atoms with E-state index in [9.17, 15) is 4.79 Å². The predicted molar refractivity (Wildman–Crippen MR) is 53.5 cm³/mol. The van der Waals surface area contributed by atoms with E-state index in [0.29, 0.717) is 11.3 Å². The number of carbonyl (C=O) groups excluding carboxylic acids is 1. The summed E-state index contributed by atoms with van der Waals surface area (Å²) in [5, 5.41) is 9.63. The average molecular weight is 193 g/mol. The van der Waals surface area contributed by atoms with Gasteiger partial charge in [-0.25, -0.2) is 4.79 Å². The highest BCUT2D eigenvalue weighted by Crippen LogP contribution is 2.08. The van der Waals surface area contributed by atoms with Gasteiger partial charge in [-0.05, 0) is 24.3 Å². The molecule has 0 spiro atoms. The lowest BCUT2D eigenvalue weighted by Gasteiger charge is -2.04. The Kier molecular flexibility index (Phi) is 3.06. The molecule has 5 heteroatoms. The molecule has 4 N–H and O–H groups in total. The maximum atomic E-state index is 10.8. The van der Waals surface area contributed by atoms with Crippen LogP contribution < -0.4 is 11.1 Å². The summed E-state index contributed by atoms with van der Waals surface area (Å²) in [6.45, 7) is 0. The second kappa shape index (κ2) is 4.27. The number of hydrogen-bond donors (Lipinski definition) is 3. The van der Waals surface area contributed by atoms with Gasteiger partial charge >= 0.3 is 6.09 Å². The molecule has 0 heterocycles. The number of amides is 1. The third kappa shape index (κ3) is 2.48. The molecule has 0 aliphatic carbocycles. The zero-order valence-electron chi connectivity index (χ0n) is 7.70. The Balaban J connectivity index is 2.73. The molecule has 0 saturated carbocycles. The van der Waals surface area contributed by atoms with Gasteiger partial charge in [-0.1, -0.05) is 0 Å². The van der Waals surface area contributed by atoms with Crippen molar-refractivity contribution in [1.29, 1.82) is 5.41 Å². The largest absolute Gasteiger partial charge is 0.453 e. The van der Waals surface area contributed by atoms with Crippen LogP contribution in [0.15, 0.2) is 24.3 Å². The van der Waals surface area contributed by atoms with E-state index in [-0.39, 0.29) is 5.84 Å². The average Bonchev–Trinajstić information content (AvgIpc) is 2.18. The first-order valence-corrected chi connectivity index (χ1v) is 3.93. The van der Waals surface area contributed by atoms with Crippen molar-refractivity contribution < 1.29 is 9.53 Å². The van der Waals surface area contributed by atoms with Crippen LogP contribution in [0, 0.1) is 5.41 Å². The molecule has 0 unspecified atom stereocenters. The number of ether oxygens (including phenoxy) is 1. The molecule has 0 atom stereocenters. The lowest BCUT2D eigenvalue weighted by Crippen LogP contribution is -2.12. The maximum Gasteiger partial charge on any atom is 0.411 e. The van der Waals surface area contributed by atoms with Gasteiger partial charge in [-0.15, -0.1) is 0 Å². The number of anilines is 1. The fraction of sp³-hybridized carbons (Fsp3) is 0.111. The van der Waals surface area contributed by atoms with Crippen molar-refractivity contribution in [2.45, 2.75) is 0 Å². The van der Waals surface area contributed by atoms with Crippen molar-refractivity contribution >= 4 is 17.6 Å². The van der Waals surface area contributed by atoms with Crippen molar-refractivity contribution in [3.63, 3.8) is 0 Å². The van der Waals surface area contributed by atoms with Crippen molar-refractivity contribution in [1.82, 2.24) is 0 Å². The highest BCUT2D eigenvalue weighted by Gasteiger charge is 2.00. The molecule has 0 radical (unpaired) electrons. The SMILES string of the molecule is COC(=O)Nc1ccc(C(=N)N)cc1. The fourth-order valence-electron chi connectivity index (χ4n) is 0.902. The van der Waals surface area contributed by atoms with Crippen molar-refractivity contribution in [2.75, 3.05) is 12.4 Å². The Hall–Kier alpha value is -2.04. The first kappa shape index (κ1) is 10.0. The smallest absolute Gasteiger partial charge is 0.411 e. The molecule has 1 rings (SSSR count). The van der Waals surface area contributed by atoms with Gasteiger partial charge in [0, 0.05) is 11.3 Å². The number of nitrogens with two attached hydrogens (primary N) is 1. The number of nitrogens with one attached hydrogen (secondary N) is 2. The zero-order chi connectivity index (χ0) is 10.6. The fourth-order valence-corrected chi connectivity index (χ4v) is 0.902. The lowest BCUT2D eigenvalue weighted by atomic mass is 10.2. The van der Waals surface area contributed by atoms with E-state index in [1.165, 1.54) is 7.11 Å². The summed E-state index contributed by atoms with van der Waals surface area (Å²) in [6.07, 6.45) is -0.527. The Morgan fingerprint density at radius 1 is 1.43 bits per heavy atom. The van der Waals surface area contributed by atoms with E-state index < -0.39 is 6.09 Å². The van der Waals surface area contributed by atoms with E-state index in [4.69, 9.17) is 11.1 Å². The number of hydrogen-bond acceptors (Lipinski definition) is 3. The molecule has 0 fully saturated rings. The lowest BCUT2D eigenvalue weighted by molar-refractivity contribution is 0.187. The molecule has 74 valence electrons. The summed E-state index contributed by atoms with van der Waals surface area (Å²) in [5.41, 5.74) is 6.47. The summed E-state index contributed by atoms with van der Waals surface area (Å²) in [7, 11) is 1.29. The molecule has 0 aliphatic rings. The van der Waals surface area contributed by atoms with E-state index in [1.807, 2.05) is 0 Å². The minimum Gasteiger partial charge on any atom is -0.453 e. The molecule has 0 aromatic heterocycles. The van der Waals surface area contributed by atoms with Gasteiger partial charge in [0.2, 0.25) is 0 Å². The second-order valence-corrected chi connectivity index (χ2v) is 2.61. The normalized spacial score (nSPS) is 9.21. The number of benzene rings is 1. The van der Waals surface area contributed by atoms with Crippen molar-refractivity contribution in [2.24, 2.45) is 5.73 Å². The quantitative estimate of drug-likeness (QED) is 0.486. The zero-order valence-corrected chi connectivity index (χ0v) is 7.70. The first-order valence-electron chi connectivity index (χ1n) is 3.93. The molecule has 1 aromatic rings. The molecule has 0 bridgehead atoms. The predicted octanol–water partition coefficient (Wildman–Crippen LogP) is 1.15. The summed E-state index contributed by atoms with van der Waals surface area (Å²) in [6, 6.07) is 6.59. The number of methoxy groups -OCH3 is 1. The van der Waals surface area contributed by atoms with Crippen molar-refractivity contribution in [3.8, 4) is 0 Å². The van der Waals surface area contributed by atoms with Crippen LogP contribution in [0.5, 0.6) is 0 Å². The van der Waals surface area contributed by atoms with E-state index in [1.54, 1.807) is 24.3 Å². The summed E-state index contributed by atoms with van der Waals surface area (Å²) in [5.74, 6) is -0.00498. The van der Waals surface area contributed by atoms with Crippen LogP contribution in [0.25, 0.3) is 0 Å². The molecule has 0 saturated heterocycles. The van der Waals surface area contributed by atoms with Crippen LogP contribution in [0.4, 0.5) is 10.5 Å². The van der Waals surface area contributed by atoms with Gasteiger partial charge in [0.1, 0.15) is 5.84 Å². The number of amidine groups is 1. The Morgan fingerprint density at radius 2 is 2.00 bits per heavy atom. The van der Waals surface area contributed by atoms with Crippen LogP contribution in [0.2, 0.25) is 0 Å². The molecule has 0 aliphatic heterocycles. The second-order valence-electron chi connectivity index (χ2n) is 2.61. The number of nitrogen functional groups attached to an aromatic ring is 1. The third-order valence-corrected chi connectivity index (χ3v) is 1.63. The Labute approximate surface area is 81.4 Å². The van der Waals surface area contributed by atoms with Crippen LogP contribution in [0.1, 0.15) is 5.56 Å². The Bertz CT molecular complexity index is 346. The molecule has 1 amide bonds. The Morgan fingerprint density at radius 3 is 2.43 bits per heavy atom. The molecule has 1 aromatic carbocycles. The molecular formula is C9H11N3O2. The summed E-state index contributed by atoms with van der Waals surface area (Å²) < 4.78 is 4.41. The van der Waals surface area contributed by atoms with Crippen LogP contribution in [-0.4, -0.2) is 19.0 Å². The third-order valence-electron chi connectivity index (χ3n) is 1.63. The van der Waals surface area contributed by atoms with Gasteiger partial charge in [-0.3, -0.25) is 10.7 Å². The number of carbonyl (C=O) groups is 1. The monoisotopic (exact) mass is 193 g/mol. The van der Waals surface area contributed by atoms with Gasteiger partial charge in [0.05, 0.1) is 7.11 Å². The highest BCUT2D eigenvalue weighted by atomic mass is 16.5. The van der Waals surface area contributed by atoms with E-state index in [0.717, 1.165) is 0 Å².